The van der Waals surface area contributed by atoms with Gasteiger partial charge in [0.05, 0.1) is 0 Å². The summed E-state index contributed by atoms with van der Waals surface area (Å²) < 4.78 is 0. The summed E-state index contributed by atoms with van der Waals surface area (Å²) in [7, 11) is 0. The second-order valence-corrected chi connectivity index (χ2v) is 5.99. The van der Waals surface area contributed by atoms with Gasteiger partial charge in [-0.1, -0.05) is 6.92 Å². The largest absolute Gasteiger partial charge is 0.353 e. The number of nitrogens with zero attached hydrogens (tertiary/aromatic N) is 1. The second-order valence-electron chi connectivity index (χ2n) is 5.99. The van der Waals surface area contributed by atoms with Gasteiger partial charge >= 0.3 is 0 Å². The molecule has 3 N–H and O–H groups in total. The van der Waals surface area contributed by atoms with Gasteiger partial charge in [0.1, 0.15) is 0 Å². The highest BCUT2D eigenvalue weighted by Gasteiger charge is 2.31. The molecule has 2 rings (SSSR count). The molecule has 1 saturated carbocycles. The van der Waals surface area contributed by atoms with Gasteiger partial charge in [-0.25, -0.2) is 0 Å². The lowest BCUT2D eigenvalue weighted by Crippen LogP contribution is -2.45. The van der Waals surface area contributed by atoms with Crippen LogP contribution in [0, 0.1) is 5.92 Å². The molecule has 2 fully saturated rings. The molecular weight excluding hydrogens is 226 g/mol. The quantitative estimate of drug-likeness (QED) is 0.745. The Morgan fingerprint density at radius 2 is 2.00 bits per heavy atom. The first kappa shape index (κ1) is 13.8. The molecule has 1 saturated heterocycles. The highest BCUT2D eigenvalue weighted by molar-refractivity contribution is 5.76. The first-order valence-corrected chi connectivity index (χ1v) is 7.42. The smallest absolute Gasteiger partial charge is 0.220 e. The van der Waals surface area contributed by atoms with Crippen LogP contribution in [0.5, 0.6) is 0 Å². The van der Waals surface area contributed by atoms with E-state index in [0.717, 1.165) is 38.4 Å². The first-order valence-electron chi connectivity index (χ1n) is 7.42. The van der Waals surface area contributed by atoms with E-state index in [0.29, 0.717) is 24.9 Å². The SMILES string of the molecule is CC(CN)CCC(=O)NC1CCN(C2CC2)CC1. The highest BCUT2D eigenvalue weighted by Crippen LogP contribution is 2.29. The number of likely N-dealkylation sites (tertiary alicyclic amines) is 1. The Hall–Kier alpha value is -0.610. The Labute approximate surface area is 110 Å². The number of amides is 1. The summed E-state index contributed by atoms with van der Waals surface area (Å²) in [6.07, 6.45) is 6.54. The Morgan fingerprint density at radius 1 is 1.33 bits per heavy atom. The molecule has 2 aliphatic rings. The third kappa shape index (κ3) is 4.25. The number of hydrogen-bond acceptors (Lipinski definition) is 3. The summed E-state index contributed by atoms with van der Waals surface area (Å²) in [5, 5.41) is 3.17. The maximum absolute atomic E-state index is 11.8. The van der Waals surface area contributed by atoms with Crippen molar-refractivity contribution < 1.29 is 4.79 Å². The normalized spacial score (nSPS) is 23.9. The van der Waals surface area contributed by atoms with E-state index < -0.39 is 0 Å². The molecule has 0 aromatic rings. The van der Waals surface area contributed by atoms with Crippen LogP contribution in [0.1, 0.15) is 45.4 Å². The zero-order valence-electron chi connectivity index (χ0n) is 11.5. The Kier molecular flexibility index (Phi) is 5.01. The third-order valence-corrected chi connectivity index (χ3v) is 4.22. The summed E-state index contributed by atoms with van der Waals surface area (Å²) in [6, 6.07) is 1.27. The second kappa shape index (κ2) is 6.53. The molecule has 1 aliphatic carbocycles. The molecule has 4 heteroatoms. The Balaban J connectivity index is 1.60. The monoisotopic (exact) mass is 253 g/mol. The fraction of sp³-hybridized carbons (Fsp3) is 0.929. The number of nitrogens with one attached hydrogen (secondary N) is 1. The van der Waals surface area contributed by atoms with Crippen molar-refractivity contribution in [2.45, 2.75) is 57.5 Å². The first-order chi connectivity index (χ1) is 8.69. The zero-order chi connectivity index (χ0) is 13.0. The number of rotatable bonds is 6. The maximum Gasteiger partial charge on any atom is 0.220 e. The standard InChI is InChI=1S/C14H27N3O/c1-11(10-15)2-5-14(18)16-12-6-8-17(9-7-12)13-3-4-13/h11-13H,2-10,15H2,1H3,(H,16,18). The molecule has 1 aliphatic heterocycles. The lowest BCUT2D eigenvalue weighted by molar-refractivity contribution is -0.122. The van der Waals surface area contributed by atoms with Gasteiger partial charge in [-0.2, -0.15) is 0 Å². The summed E-state index contributed by atoms with van der Waals surface area (Å²) in [5.74, 6) is 0.660. The van der Waals surface area contributed by atoms with E-state index in [4.69, 9.17) is 5.73 Å². The predicted octanol–water partition coefficient (Wildman–Crippen LogP) is 1.10. The minimum absolute atomic E-state index is 0.208. The van der Waals surface area contributed by atoms with E-state index in [1.165, 1.54) is 12.8 Å². The molecule has 1 unspecified atom stereocenters. The predicted molar refractivity (Wildman–Crippen MR) is 73.2 cm³/mol. The van der Waals surface area contributed by atoms with Crippen LogP contribution in [0.3, 0.4) is 0 Å². The molecule has 0 aromatic carbocycles. The van der Waals surface area contributed by atoms with E-state index >= 15 is 0 Å². The molecular formula is C14H27N3O. The number of carbonyl (C=O) groups excluding carboxylic acids is 1. The molecule has 0 radical (unpaired) electrons. The summed E-state index contributed by atoms with van der Waals surface area (Å²) in [5.41, 5.74) is 5.55. The van der Waals surface area contributed by atoms with Crippen molar-refractivity contribution in [2.24, 2.45) is 11.7 Å². The van der Waals surface area contributed by atoms with Crippen LogP contribution in [0.2, 0.25) is 0 Å². The van der Waals surface area contributed by atoms with Gasteiger partial charge in [-0.3, -0.25) is 4.79 Å². The molecule has 0 aromatic heterocycles. The average molecular weight is 253 g/mol. The van der Waals surface area contributed by atoms with Crippen LogP contribution in [-0.4, -0.2) is 42.5 Å². The molecule has 104 valence electrons. The summed E-state index contributed by atoms with van der Waals surface area (Å²) in [6.45, 7) is 5.10. The zero-order valence-corrected chi connectivity index (χ0v) is 11.5. The van der Waals surface area contributed by atoms with Crippen molar-refractivity contribution in [1.82, 2.24) is 10.2 Å². The Bertz CT molecular complexity index is 270. The minimum atomic E-state index is 0.208. The van der Waals surface area contributed by atoms with Gasteiger partial charge < -0.3 is 16.0 Å². The van der Waals surface area contributed by atoms with Gasteiger partial charge in [-0.05, 0) is 44.6 Å². The minimum Gasteiger partial charge on any atom is -0.353 e. The lowest BCUT2D eigenvalue weighted by Gasteiger charge is -2.32. The van der Waals surface area contributed by atoms with Crippen LogP contribution in [0.25, 0.3) is 0 Å². The molecule has 0 spiro atoms. The van der Waals surface area contributed by atoms with Crippen LogP contribution < -0.4 is 11.1 Å². The lowest BCUT2D eigenvalue weighted by atomic mass is 10.0. The number of piperidine rings is 1. The van der Waals surface area contributed by atoms with E-state index in [-0.39, 0.29) is 5.91 Å². The highest BCUT2D eigenvalue weighted by atomic mass is 16.1. The molecule has 0 bridgehead atoms. The third-order valence-electron chi connectivity index (χ3n) is 4.22. The molecule has 4 nitrogen and oxygen atoms in total. The molecule has 1 heterocycles. The topological polar surface area (TPSA) is 58.4 Å². The van der Waals surface area contributed by atoms with E-state index in [1.807, 2.05) is 0 Å². The van der Waals surface area contributed by atoms with Gasteiger partial charge in [0, 0.05) is 31.6 Å². The van der Waals surface area contributed by atoms with Crippen molar-refractivity contribution in [3.05, 3.63) is 0 Å². The summed E-state index contributed by atoms with van der Waals surface area (Å²) in [4.78, 5) is 14.4. The molecule has 1 amide bonds. The molecule has 1 atom stereocenters. The fourth-order valence-electron chi connectivity index (χ4n) is 2.64. The van der Waals surface area contributed by atoms with Gasteiger partial charge in [0.25, 0.3) is 0 Å². The van der Waals surface area contributed by atoms with Crippen molar-refractivity contribution in [3.8, 4) is 0 Å². The van der Waals surface area contributed by atoms with Crippen molar-refractivity contribution >= 4 is 5.91 Å². The Morgan fingerprint density at radius 3 is 2.56 bits per heavy atom. The van der Waals surface area contributed by atoms with E-state index in [1.54, 1.807) is 0 Å². The van der Waals surface area contributed by atoms with Crippen molar-refractivity contribution in [2.75, 3.05) is 19.6 Å². The molecule has 18 heavy (non-hydrogen) atoms. The van der Waals surface area contributed by atoms with Gasteiger partial charge in [0.2, 0.25) is 5.91 Å². The number of hydrogen-bond donors (Lipinski definition) is 2. The maximum atomic E-state index is 11.8. The van der Waals surface area contributed by atoms with Crippen LogP contribution in [-0.2, 0) is 4.79 Å². The van der Waals surface area contributed by atoms with Gasteiger partial charge in [-0.15, -0.1) is 0 Å². The van der Waals surface area contributed by atoms with Crippen LogP contribution in [0.4, 0.5) is 0 Å². The van der Waals surface area contributed by atoms with Crippen molar-refractivity contribution in [3.63, 3.8) is 0 Å². The number of nitrogens with two attached hydrogens (primary N) is 1. The van der Waals surface area contributed by atoms with Crippen molar-refractivity contribution in [1.29, 1.82) is 0 Å². The fourth-order valence-corrected chi connectivity index (χ4v) is 2.64. The summed E-state index contributed by atoms with van der Waals surface area (Å²) >= 11 is 0. The van der Waals surface area contributed by atoms with Crippen LogP contribution >= 0.6 is 0 Å². The van der Waals surface area contributed by atoms with E-state index in [2.05, 4.69) is 17.1 Å². The number of carbonyl (C=O) groups is 1. The average Bonchev–Trinajstić information content (AvgIpc) is 3.21. The van der Waals surface area contributed by atoms with E-state index in [9.17, 15) is 4.79 Å². The van der Waals surface area contributed by atoms with Crippen LogP contribution in [0.15, 0.2) is 0 Å². The van der Waals surface area contributed by atoms with Gasteiger partial charge in [0.15, 0.2) is 0 Å².